The molecular weight excluding hydrogens is 392 g/mol. The van der Waals surface area contributed by atoms with Crippen LogP contribution in [0.4, 0.5) is 11.4 Å². The second-order valence-electron chi connectivity index (χ2n) is 5.30. The summed E-state index contributed by atoms with van der Waals surface area (Å²) in [6.07, 6.45) is 1.86. The molecule has 0 atom stereocenters. The topological polar surface area (TPSA) is 66.5 Å². The van der Waals surface area contributed by atoms with E-state index in [1.54, 1.807) is 30.3 Å². The minimum atomic E-state index is -3.58. The molecule has 2 aromatic rings. The van der Waals surface area contributed by atoms with Crippen molar-refractivity contribution in [3.63, 3.8) is 0 Å². The first-order valence-corrected chi connectivity index (χ1v) is 10.1. The number of benzene rings is 2. The molecule has 2 aromatic carbocycles. The van der Waals surface area contributed by atoms with Crippen LogP contribution in [0.1, 0.15) is 12.5 Å². The molecule has 128 valence electrons. The fourth-order valence-electron chi connectivity index (χ4n) is 2.28. The summed E-state index contributed by atoms with van der Waals surface area (Å²) in [4.78, 5) is 12.4. The number of hydrogen-bond donors (Lipinski definition) is 1. The van der Waals surface area contributed by atoms with Crippen molar-refractivity contribution >= 4 is 43.2 Å². The van der Waals surface area contributed by atoms with E-state index in [-0.39, 0.29) is 12.5 Å². The highest BCUT2D eigenvalue weighted by Crippen LogP contribution is 2.21. The zero-order chi connectivity index (χ0) is 17.7. The third-order valence-electron chi connectivity index (χ3n) is 3.47. The number of nitrogens with one attached hydrogen (secondary N) is 1. The van der Waals surface area contributed by atoms with Gasteiger partial charge in [0.05, 0.1) is 11.9 Å². The van der Waals surface area contributed by atoms with E-state index >= 15 is 0 Å². The van der Waals surface area contributed by atoms with Crippen LogP contribution in [0.2, 0.25) is 0 Å². The lowest BCUT2D eigenvalue weighted by Gasteiger charge is -2.22. The summed E-state index contributed by atoms with van der Waals surface area (Å²) in [5.74, 6) is -0.385. The van der Waals surface area contributed by atoms with Gasteiger partial charge in [-0.3, -0.25) is 9.10 Å². The van der Waals surface area contributed by atoms with E-state index in [0.717, 1.165) is 27.0 Å². The summed E-state index contributed by atoms with van der Waals surface area (Å²) >= 11 is 3.31. The van der Waals surface area contributed by atoms with Crippen LogP contribution in [0.3, 0.4) is 0 Å². The van der Waals surface area contributed by atoms with Gasteiger partial charge in [-0.05, 0) is 42.3 Å². The number of carbonyl (C=O) groups is 1. The zero-order valence-electron chi connectivity index (χ0n) is 13.5. The molecule has 1 N–H and O–H groups in total. The van der Waals surface area contributed by atoms with Crippen molar-refractivity contribution in [3.05, 3.63) is 58.6 Å². The highest BCUT2D eigenvalue weighted by Gasteiger charge is 2.21. The van der Waals surface area contributed by atoms with Gasteiger partial charge in [0.1, 0.15) is 6.54 Å². The average molecular weight is 411 g/mol. The highest BCUT2D eigenvalue weighted by molar-refractivity contribution is 9.10. The van der Waals surface area contributed by atoms with Gasteiger partial charge in [0.25, 0.3) is 0 Å². The predicted octanol–water partition coefficient (Wildman–Crippen LogP) is 3.42. The number of hydrogen-bond acceptors (Lipinski definition) is 3. The molecule has 0 heterocycles. The normalized spacial score (nSPS) is 11.1. The van der Waals surface area contributed by atoms with E-state index in [0.29, 0.717) is 11.4 Å². The van der Waals surface area contributed by atoms with Gasteiger partial charge in [-0.25, -0.2) is 8.42 Å². The zero-order valence-corrected chi connectivity index (χ0v) is 15.9. The van der Waals surface area contributed by atoms with Crippen LogP contribution in [0, 0.1) is 0 Å². The van der Waals surface area contributed by atoms with Crippen LogP contribution in [0.15, 0.2) is 53.0 Å². The monoisotopic (exact) mass is 410 g/mol. The lowest BCUT2D eigenvalue weighted by atomic mass is 10.1. The van der Waals surface area contributed by atoms with Crippen molar-refractivity contribution in [3.8, 4) is 0 Å². The quantitative estimate of drug-likeness (QED) is 0.792. The van der Waals surface area contributed by atoms with Crippen LogP contribution in [0.25, 0.3) is 0 Å². The molecule has 1 amide bonds. The smallest absolute Gasteiger partial charge is 0.245 e. The Morgan fingerprint density at radius 1 is 1.12 bits per heavy atom. The molecule has 5 nitrogen and oxygen atoms in total. The van der Waals surface area contributed by atoms with E-state index in [1.807, 2.05) is 25.1 Å². The second-order valence-corrected chi connectivity index (χ2v) is 8.13. The molecule has 2 rings (SSSR count). The number of sulfonamides is 1. The summed E-state index contributed by atoms with van der Waals surface area (Å²) in [5, 5.41) is 2.79. The Hall–Kier alpha value is -1.86. The molecule has 7 heteroatoms. The summed E-state index contributed by atoms with van der Waals surface area (Å²) < 4.78 is 26.0. The van der Waals surface area contributed by atoms with Crippen LogP contribution in [-0.2, 0) is 21.2 Å². The summed E-state index contributed by atoms with van der Waals surface area (Å²) in [6.45, 7) is 1.72. The fraction of sp³-hybridized carbons (Fsp3) is 0.235. The van der Waals surface area contributed by atoms with Gasteiger partial charge in [-0.15, -0.1) is 0 Å². The molecule has 0 saturated heterocycles. The minimum Gasteiger partial charge on any atom is -0.324 e. The molecular formula is C17H19BrN2O3S. The lowest BCUT2D eigenvalue weighted by Crippen LogP contribution is -2.37. The van der Waals surface area contributed by atoms with Gasteiger partial charge in [0.2, 0.25) is 15.9 Å². The van der Waals surface area contributed by atoms with E-state index in [9.17, 15) is 13.2 Å². The molecule has 0 aromatic heterocycles. The Morgan fingerprint density at radius 3 is 2.33 bits per heavy atom. The summed E-state index contributed by atoms with van der Waals surface area (Å²) in [6, 6.07) is 14.2. The second kappa shape index (κ2) is 7.81. The van der Waals surface area contributed by atoms with Crippen LogP contribution >= 0.6 is 15.9 Å². The first-order chi connectivity index (χ1) is 11.3. The van der Waals surface area contributed by atoms with Crippen molar-refractivity contribution in [2.75, 3.05) is 22.4 Å². The first-order valence-electron chi connectivity index (χ1n) is 7.42. The van der Waals surface area contributed by atoms with Crippen molar-refractivity contribution in [1.29, 1.82) is 0 Å². The van der Waals surface area contributed by atoms with Gasteiger partial charge in [-0.2, -0.15) is 0 Å². The Kier molecular flexibility index (Phi) is 6.01. The number of para-hydroxylation sites is 1. The molecule has 0 radical (unpaired) electrons. The van der Waals surface area contributed by atoms with Gasteiger partial charge in [0, 0.05) is 10.2 Å². The number of nitrogens with zero attached hydrogens (tertiary/aromatic N) is 1. The number of rotatable bonds is 6. The van der Waals surface area contributed by atoms with E-state index in [4.69, 9.17) is 0 Å². The number of halogens is 1. The van der Waals surface area contributed by atoms with Gasteiger partial charge in [-0.1, -0.05) is 41.1 Å². The molecule has 0 fully saturated rings. The maximum Gasteiger partial charge on any atom is 0.245 e. The maximum atomic E-state index is 12.4. The molecule has 0 unspecified atom stereocenters. The van der Waals surface area contributed by atoms with Crippen LogP contribution in [-0.4, -0.2) is 27.1 Å². The number of anilines is 2. The number of carbonyl (C=O) groups excluding carboxylic acids is 1. The number of amides is 1. The van der Waals surface area contributed by atoms with E-state index in [1.165, 1.54) is 0 Å². The van der Waals surface area contributed by atoms with E-state index < -0.39 is 10.0 Å². The van der Waals surface area contributed by atoms with Crippen LogP contribution in [0.5, 0.6) is 0 Å². The van der Waals surface area contributed by atoms with Gasteiger partial charge in [0.15, 0.2) is 0 Å². The third-order valence-corrected chi connectivity index (χ3v) is 5.14. The molecule has 0 bridgehead atoms. The SMILES string of the molecule is CCc1ccccc1NC(=O)CN(c1ccc(Br)cc1)S(C)(=O)=O. The average Bonchev–Trinajstić information content (AvgIpc) is 2.53. The Bertz CT molecular complexity index is 820. The first kappa shape index (κ1) is 18.5. The molecule has 0 aliphatic carbocycles. The Morgan fingerprint density at radius 2 is 1.75 bits per heavy atom. The van der Waals surface area contributed by atoms with Crippen molar-refractivity contribution in [1.82, 2.24) is 0 Å². The molecule has 0 spiro atoms. The molecule has 0 saturated carbocycles. The molecule has 0 aliphatic heterocycles. The largest absolute Gasteiger partial charge is 0.324 e. The van der Waals surface area contributed by atoms with Gasteiger partial charge >= 0.3 is 0 Å². The lowest BCUT2D eigenvalue weighted by molar-refractivity contribution is -0.114. The minimum absolute atomic E-state index is 0.279. The van der Waals surface area contributed by atoms with Gasteiger partial charge < -0.3 is 5.32 Å². The Labute approximate surface area is 150 Å². The van der Waals surface area contributed by atoms with Crippen LogP contribution < -0.4 is 9.62 Å². The van der Waals surface area contributed by atoms with Crippen molar-refractivity contribution < 1.29 is 13.2 Å². The number of aryl methyl sites for hydroxylation is 1. The Balaban J connectivity index is 2.21. The standard InChI is InChI=1S/C17H19BrN2O3S/c1-3-13-6-4-5-7-16(13)19-17(21)12-20(24(2,22)23)15-10-8-14(18)9-11-15/h4-11H,3,12H2,1-2H3,(H,19,21). The predicted molar refractivity (Wildman–Crippen MR) is 101 cm³/mol. The third kappa shape index (κ3) is 4.82. The van der Waals surface area contributed by atoms with Crippen molar-refractivity contribution in [2.45, 2.75) is 13.3 Å². The fourth-order valence-corrected chi connectivity index (χ4v) is 3.40. The summed E-state index contributed by atoms with van der Waals surface area (Å²) in [5.41, 5.74) is 2.15. The molecule has 0 aliphatic rings. The summed E-state index contributed by atoms with van der Waals surface area (Å²) in [7, 11) is -3.58. The van der Waals surface area contributed by atoms with Crippen molar-refractivity contribution in [2.24, 2.45) is 0 Å². The highest BCUT2D eigenvalue weighted by atomic mass is 79.9. The molecule has 24 heavy (non-hydrogen) atoms. The maximum absolute atomic E-state index is 12.4. The van der Waals surface area contributed by atoms with E-state index in [2.05, 4.69) is 21.2 Å².